The Morgan fingerprint density at radius 3 is 2.89 bits per heavy atom. The van der Waals surface area contributed by atoms with Gasteiger partial charge in [-0.25, -0.2) is 4.79 Å². The van der Waals surface area contributed by atoms with E-state index in [1.54, 1.807) is 16.2 Å². The molecule has 1 atom stereocenters. The Bertz CT molecular complexity index is 508. The number of thiocarbonyl (C=S) groups is 1. The van der Waals surface area contributed by atoms with Gasteiger partial charge in [-0.3, -0.25) is 0 Å². The van der Waals surface area contributed by atoms with Gasteiger partial charge in [-0.15, -0.1) is 11.3 Å². The number of rotatable bonds is 2. The highest BCUT2D eigenvalue weighted by Crippen LogP contribution is 2.32. The smallest absolute Gasteiger partial charge is 0.338 e. The molecule has 1 N–H and O–H groups in total. The summed E-state index contributed by atoms with van der Waals surface area (Å²) in [6, 6.07) is 3.71. The van der Waals surface area contributed by atoms with Gasteiger partial charge >= 0.3 is 5.97 Å². The van der Waals surface area contributed by atoms with Crippen molar-refractivity contribution in [1.82, 2.24) is 10.2 Å². The lowest BCUT2D eigenvalue weighted by atomic mass is 10.0. The molecular formula is C12H14N2O2S2. The van der Waals surface area contributed by atoms with Crippen molar-refractivity contribution in [2.75, 3.05) is 14.2 Å². The predicted molar refractivity (Wildman–Crippen MR) is 75.3 cm³/mol. The normalized spacial score (nSPS) is 19.8. The second-order valence-corrected chi connectivity index (χ2v) is 5.31. The van der Waals surface area contributed by atoms with Crippen LogP contribution in [-0.2, 0) is 9.53 Å². The van der Waals surface area contributed by atoms with E-state index in [1.165, 1.54) is 7.11 Å². The third-order valence-corrected chi connectivity index (χ3v) is 4.32. The van der Waals surface area contributed by atoms with Crippen molar-refractivity contribution in [3.8, 4) is 0 Å². The van der Waals surface area contributed by atoms with Crippen LogP contribution in [0.15, 0.2) is 28.8 Å². The zero-order chi connectivity index (χ0) is 13.3. The first-order valence-corrected chi connectivity index (χ1v) is 6.71. The molecule has 0 bridgehead atoms. The first-order chi connectivity index (χ1) is 8.56. The van der Waals surface area contributed by atoms with Gasteiger partial charge in [0, 0.05) is 17.6 Å². The predicted octanol–water partition coefficient (Wildman–Crippen LogP) is 2.06. The van der Waals surface area contributed by atoms with Crippen LogP contribution in [0.5, 0.6) is 0 Å². The lowest BCUT2D eigenvalue weighted by Gasteiger charge is -2.34. The molecule has 6 heteroatoms. The lowest BCUT2D eigenvalue weighted by molar-refractivity contribution is -0.136. The fraction of sp³-hybridized carbons (Fsp3) is 0.333. The van der Waals surface area contributed by atoms with Crippen molar-refractivity contribution >= 4 is 34.6 Å². The highest BCUT2D eigenvalue weighted by atomic mass is 32.1. The van der Waals surface area contributed by atoms with Crippen molar-refractivity contribution in [3.63, 3.8) is 0 Å². The molecule has 0 saturated carbocycles. The number of allylic oxidation sites excluding steroid dienone is 1. The largest absolute Gasteiger partial charge is 0.466 e. The van der Waals surface area contributed by atoms with Gasteiger partial charge in [0.05, 0.1) is 18.7 Å². The zero-order valence-electron chi connectivity index (χ0n) is 10.4. The number of hydrogen-bond acceptors (Lipinski definition) is 4. The lowest BCUT2D eigenvalue weighted by Crippen LogP contribution is -2.45. The van der Waals surface area contributed by atoms with Gasteiger partial charge in [0.25, 0.3) is 0 Å². The standard InChI is InChI=1S/C12H14N2O2S2/c1-7-9(11(15)16-3)10(8-5-4-6-18-8)13-12(17)14(7)2/h4-6,10H,1-3H3,(H,13,17)/t10-/m1/s1. The van der Waals surface area contributed by atoms with Crippen LogP contribution in [0.2, 0.25) is 0 Å². The summed E-state index contributed by atoms with van der Waals surface area (Å²) >= 11 is 6.85. The van der Waals surface area contributed by atoms with E-state index in [9.17, 15) is 4.79 Å². The minimum atomic E-state index is -0.326. The van der Waals surface area contributed by atoms with Crippen LogP contribution in [0.4, 0.5) is 0 Å². The number of carbonyl (C=O) groups is 1. The summed E-state index contributed by atoms with van der Waals surface area (Å²) in [5.74, 6) is -0.326. The van der Waals surface area contributed by atoms with E-state index in [-0.39, 0.29) is 12.0 Å². The number of esters is 1. The fourth-order valence-corrected chi connectivity index (χ4v) is 2.92. The molecule has 0 fully saturated rings. The maximum atomic E-state index is 11.9. The Hall–Kier alpha value is -1.40. The Morgan fingerprint density at radius 2 is 2.33 bits per heavy atom. The van der Waals surface area contributed by atoms with Gasteiger partial charge in [0.2, 0.25) is 0 Å². The number of methoxy groups -OCH3 is 1. The van der Waals surface area contributed by atoms with Gasteiger partial charge in [-0.1, -0.05) is 6.07 Å². The average molecular weight is 282 g/mol. The maximum absolute atomic E-state index is 11.9. The second kappa shape index (κ2) is 5.07. The van der Waals surface area contributed by atoms with Crippen molar-refractivity contribution in [1.29, 1.82) is 0 Å². The summed E-state index contributed by atoms with van der Waals surface area (Å²) < 4.78 is 4.87. The number of nitrogens with one attached hydrogen (secondary N) is 1. The van der Waals surface area contributed by atoms with E-state index in [0.29, 0.717) is 10.7 Å². The minimum absolute atomic E-state index is 0.221. The Labute approximate surface area is 115 Å². The number of ether oxygens (including phenoxy) is 1. The van der Waals surface area contributed by atoms with Crippen molar-refractivity contribution in [2.45, 2.75) is 13.0 Å². The Morgan fingerprint density at radius 1 is 1.61 bits per heavy atom. The van der Waals surface area contributed by atoms with Crippen LogP contribution in [0.1, 0.15) is 17.8 Å². The monoisotopic (exact) mass is 282 g/mol. The molecule has 0 amide bonds. The summed E-state index contributed by atoms with van der Waals surface area (Å²) in [6.07, 6.45) is 0. The quantitative estimate of drug-likeness (QED) is 0.664. The molecule has 1 aromatic rings. The molecule has 2 rings (SSSR count). The van der Waals surface area contributed by atoms with Crippen LogP contribution < -0.4 is 5.32 Å². The first-order valence-electron chi connectivity index (χ1n) is 5.43. The third-order valence-electron chi connectivity index (χ3n) is 2.99. The fourth-order valence-electron chi connectivity index (χ4n) is 1.88. The molecule has 1 aliphatic rings. The number of hydrogen-bond donors (Lipinski definition) is 1. The summed E-state index contributed by atoms with van der Waals surface area (Å²) in [4.78, 5) is 14.8. The zero-order valence-corrected chi connectivity index (χ0v) is 12.0. The summed E-state index contributed by atoms with van der Waals surface area (Å²) in [5.41, 5.74) is 1.43. The molecule has 0 spiro atoms. The molecule has 96 valence electrons. The van der Waals surface area contributed by atoms with Crippen LogP contribution in [-0.4, -0.2) is 30.1 Å². The number of thiophene rings is 1. The van der Waals surface area contributed by atoms with E-state index in [2.05, 4.69) is 5.32 Å². The minimum Gasteiger partial charge on any atom is -0.466 e. The third kappa shape index (κ3) is 2.13. The van der Waals surface area contributed by atoms with Gasteiger partial charge in [-0.2, -0.15) is 0 Å². The molecule has 0 saturated heterocycles. The van der Waals surface area contributed by atoms with Crippen LogP contribution in [0, 0.1) is 0 Å². The summed E-state index contributed by atoms with van der Waals surface area (Å²) in [5, 5.41) is 5.76. The Kier molecular flexibility index (Phi) is 3.68. The summed E-state index contributed by atoms with van der Waals surface area (Å²) in [7, 11) is 3.22. The van der Waals surface area contributed by atoms with Gasteiger partial charge in [0.15, 0.2) is 5.11 Å². The van der Waals surface area contributed by atoms with E-state index in [0.717, 1.165) is 10.6 Å². The van der Waals surface area contributed by atoms with Crippen molar-refractivity contribution in [2.24, 2.45) is 0 Å². The average Bonchev–Trinajstić information content (AvgIpc) is 2.88. The van der Waals surface area contributed by atoms with E-state index in [1.807, 2.05) is 31.5 Å². The van der Waals surface area contributed by atoms with Gasteiger partial charge < -0.3 is 15.0 Å². The van der Waals surface area contributed by atoms with Gasteiger partial charge in [0.1, 0.15) is 0 Å². The number of nitrogens with zero attached hydrogens (tertiary/aromatic N) is 1. The molecule has 1 aliphatic heterocycles. The van der Waals surface area contributed by atoms with E-state index >= 15 is 0 Å². The summed E-state index contributed by atoms with van der Waals surface area (Å²) in [6.45, 7) is 1.88. The molecule has 0 aliphatic carbocycles. The molecule has 0 unspecified atom stereocenters. The highest BCUT2D eigenvalue weighted by Gasteiger charge is 2.33. The molecule has 0 aromatic carbocycles. The SMILES string of the molecule is COC(=O)C1=C(C)N(C)C(=S)N[C@@H]1c1cccs1. The van der Waals surface area contributed by atoms with Crippen LogP contribution >= 0.6 is 23.6 Å². The van der Waals surface area contributed by atoms with Crippen molar-refractivity contribution in [3.05, 3.63) is 33.7 Å². The van der Waals surface area contributed by atoms with E-state index < -0.39 is 0 Å². The first kappa shape index (κ1) is 13.0. The van der Waals surface area contributed by atoms with Crippen LogP contribution in [0.3, 0.4) is 0 Å². The molecule has 1 aromatic heterocycles. The number of carbonyl (C=O) groups excluding carboxylic acids is 1. The van der Waals surface area contributed by atoms with E-state index in [4.69, 9.17) is 17.0 Å². The van der Waals surface area contributed by atoms with Crippen LogP contribution in [0.25, 0.3) is 0 Å². The maximum Gasteiger partial charge on any atom is 0.338 e. The van der Waals surface area contributed by atoms with Crippen molar-refractivity contribution < 1.29 is 9.53 Å². The topological polar surface area (TPSA) is 41.6 Å². The molecule has 0 radical (unpaired) electrons. The molecule has 18 heavy (non-hydrogen) atoms. The highest BCUT2D eigenvalue weighted by molar-refractivity contribution is 7.80. The Balaban J connectivity index is 2.50. The molecular weight excluding hydrogens is 268 g/mol. The molecule has 4 nitrogen and oxygen atoms in total. The van der Waals surface area contributed by atoms with Gasteiger partial charge in [-0.05, 0) is 30.6 Å². The molecule has 2 heterocycles. The second-order valence-electron chi connectivity index (χ2n) is 3.95.